The number of halogens is 2. The van der Waals surface area contributed by atoms with Gasteiger partial charge in [0.2, 0.25) is 0 Å². The Balaban J connectivity index is 1.95. The van der Waals surface area contributed by atoms with Gasteiger partial charge in [0.05, 0.1) is 0 Å². The van der Waals surface area contributed by atoms with E-state index in [4.69, 9.17) is 5.73 Å². The number of benzene rings is 2. The number of hydrogen-bond donors (Lipinski definition) is 3. The van der Waals surface area contributed by atoms with Crippen LogP contribution in [0.2, 0.25) is 0 Å². The average molecular weight is 305 g/mol. The zero-order valence-electron chi connectivity index (χ0n) is 11.4. The van der Waals surface area contributed by atoms with Crippen LogP contribution in [0.1, 0.15) is 15.9 Å². The maximum Gasteiger partial charge on any atom is 0.316 e. The minimum Gasteiger partial charge on any atom is -0.351 e. The van der Waals surface area contributed by atoms with E-state index in [0.717, 1.165) is 17.7 Å². The van der Waals surface area contributed by atoms with Gasteiger partial charge < -0.3 is 16.4 Å². The summed E-state index contributed by atoms with van der Waals surface area (Å²) in [5.74, 6) is -2.60. The molecule has 0 saturated heterocycles. The fourth-order valence-corrected chi connectivity index (χ4v) is 1.77. The summed E-state index contributed by atoms with van der Waals surface area (Å²) in [5, 5.41) is 4.99. The van der Waals surface area contributed by atoms with E-state index >= 15 is 0 Å². The molecule has 0 spiro atoms. The predicted octanol–water partition coefficient (Wildman–Crippen LogP) is 2.39. The topological polar surface area (TPSA) is 84.2 Å². The van der Waals surface area contributed by atoms with Gasteiger partial charge in [-0.3, -0.25) is 4.79 Å². The van der Waals surface area contributed by atoms with Crippen molar-refractivity contribution in [1.29, 1.82) is 0 Å². The van der Waals surface area contributed by atoms with Crippen LogP contribution in [0, 0.1) is 11.6 Å². The van der Waals surface area contributed by atoms with Crippen molar-refractivity contribution in [2.75, 3.05) is 5.32 Å². The summed E-state index contributed by atoms with van der Waals surface area (Å²) in [4.78, 5) is 22.5. The van der Waals surface area contributed by atoms with Gasteiger partial charge in [-0.1, -0.05) is 12.1 Å². The molecule has 2 aromatic rings. The first-order chi connectivity index (χ1) is 10.5. The molecule has 0 aliphatic carbocycles. The van der Waals surface area contributed by atoms with Crippen molar-refractivity contribution in [3.05, 3.63) is 65.2 Å². The molecular formula is C15H13F2N3O2. The molecule has 4 N–H and O–H groups in total. The molecule has 3 amide bonds. The number of carbonyl (C=O) groups excluding carboxylic acids is 2. The van der Waals surface area contributed by atoms with E-state index in [1.807, 2.05) is 0 Å². The second-order valence-electron chi connectivity index (χ2n) is 4.50. The molecule has 2 aromatic carbocycles. The third-order valence-corrected chi connectivity index (χ3v) is 2.86. The fourth-order valence-electron chi connectivity index (χ4n) is 1.77. The van der Waals surface area contributed by atoms with Crippen LogP contribution in [0.15, 0.2) is 42.5 Å². The van der Waals surface area contributed by atoms with E-state index in [1.54, 1.807) is 24.3 Å². The SMILES string of the molecule is NC(=O)Nc1ccc(CNC(=O)c2ccc(F)c(F)c2)cc1. The van der Waals surface area contributed by atoms with Crippen molar-refractivity contribution < 1.29 is 18.4 Å². The van der Waals surface area contributed by atoms with Crippen LogP contribution in [-0.2, 0) is 6.54 Å². The van der Waals surface area contributed by atoms with Crippen molar-refractivity contribution in [3.63, 3.8) is 0 Å². The summed E-state index contributed by atoms with van der Waals surface area (Å²) in [7, 11) is 0. The minimum absolute atomic E-state index is 0.0333. The van der Waals surface area contributed by atoms with Crippen molar-refractivity contribution in [2.45, 2.75) is 6.54 Å². The van der Waals surface area contributed by atoms with Crippen LogP contribution in [0.25, 0.3) is 0 Å². The normalized spacial score (nSPS) is 10.1. The quantitative estimate of drug-likeness (QED) is 0.810. The van der Waals surface area contributed by atoms with Crippen LogP contribution in [0.5, 0.6) is 0 Å². The summed E-state index contributed by atoms with van der Waals surface area (Å²) >= 11 is 0. The van der Waals surface area contributed by atoms with E-state index in [1.165, 1.54) is 6.07 Å². The smallest absolute Gasteiger partial charge is 0.316 e. The lowest BCUT2D eigenvalue weighted by Gasteiger charge is -2.07. The summed E-state index contributed by atoms with van der Waals surface area (Å²) in [6.07, 6.45) is 0. The first kappa shape index (κ1) is 15.4. The minimum atomic E-state index is -1.07. The van der Waals surface area contributed by atoms with Crippen molar-refractivity contribution in [2.24, 2.45) is 5.73 Å². The lowest BCUT2D eigenvalue weighted by molar-refractivity contribution is 0.0950. The number of carbonyl (C=O) groups is 2. The number of anilines is 1. The van der Waals surface area contributed by atoms with E-state index < -0.39 is 23.6 Å². The van der Waals surface area contributed by atoms with E-state index in [2.05, 4.69) is 10.6 Å². The summed E-state index contributed by atoms with van der Waals surface area (Å²) in [6.45, 7) is 0.203. The highest BCUT2D eigenvalue weighted by Crippen LogP contribution is 2.11. The monoisotopic (exact) mass is 305 g/mol. The fraction of sp³-hybridized carbons (Fsp3) is 0.0667. The molecule has 0 bridgehead atoms. The summed E-state index contributed by atoms with van der Waals surface area (Å²) in [5.41, 5.74) is 6.32. The number of rotatable bonds is 4. The lowest BCUT2D eigenvalue weighted by atomic mass is 10.1. The molecule has 0 aliphatic rings. The van der Waals surface area contributed by atoms with Crippen molar-refractivity contribution in [1.82, 2.24) is 5.32 Å². The van der Waals surface area contributed by atoms with Crippen LogP contribution < -0.4 is 16.4 Å². The molecule has 0 heterocycles. The molecule has 0 aliphatic heterocycles. The zero-order chi connectivity index (χ0) is 16.1. The summed E-state index contributed by atoms with van der Waals surface area (Å²) in [6, 6.07) is 8.91. The largest absolute Gasteiger partial charge is 0.351 e. The molecule has 0 radical (unpaired) electrons. The van der Waals surface area contributed by atoms with Crippen LogP contribution >= 0.6 is 0 Å². The first-order valence-electron chi connectivity index (χ1n) is 6.34. The Kier molecular flexibility index (Phi) is 4.67. The van der Waals surface area contributed by atoms with Gasteiger partial charge in [-0.15, -0.1) is 0 Å². The molecule has 0 fully saturated rings. The van der Waals surface area contributed by atoms with Crippen molar-refractivity contribution >= 4 is 17.6 Å². The van der Waals surface area contributed by atoms with Gasteiger partial charge in [0, 0.05) is 17.8 Å². The summed E-state index contributed by atoms with van der Waals surface area (Å²) < 4.78 is 25.8. The molecule has 0 saturated carbocycles. The van der Waals surface area contributed by atoms with Crippen molar-refractivity contribution in [3.8, 4) is 0 Å². The molecule has 0 aromatic heterocycles. The number of nitrogens with one attached hydrogen (secondary N) is 2. The Morgan fingerprint density at radius 3 is 2.27 bits per heavy atom. The maximum absolute atomic E-state index is 13.1. The number of primary amides is 1. The Bertz CT molecular complexity index is 702. The number of amides is 3. The van der Waals surface area contributed by atoms with Crippen LogP contribution in [0.3, 0.4) is 0 Å². The van der Waals surface area contributed by atoms with Gasteiger partial charge in [0.15, 0.2) is 11.6 Å². The third kappa shape index (κ3) is 4.02. The maximum atomic E-state index is 13.1. The average Bonchev–Trinajstić information content (AvgIpc) is 2.48. The van der Waals surface area contributed by atoms with E-state index in [0.29, 0.717) is 5.69 Å². The zero-order valence-corrected chi connectivity index (χ0v) is 11.4. The highest BCUT2D eigenvalue weighted by molar-refractivity contribution is 5.94. The Hall–Kier alpha value is -2.96. The van der Waals surface area contributed by atoms with E-state index in [9.17, 15) is 18.4 Å². The Morgan fingerprint density at radius 2 is 1.68 bits per heavy atom. The lowest BCUT2D eigenvalue weighted by Crippen LogP contribution is -2.23. The number of hydrogen-bond acceptors (Lipinski definition) is 2. The predicted molar refractivity (Wildman–Crippen MR) is 77.2 cm³/mol. The molecule has 22 heavy (non-hydrogen) atoms. The van der Waals surface area contributed by atoms with Crippen LogP contribution in [0.4, 0.5) is 19.3 Å². The highest BCUT2D eigenvalue weighted by Gasteiger charge is 2.09. The molecule has 7 heteroatoms. The second-order valence-corrected chi connectivity index (χ2v) is 4.50. The molecule has 0 atom stereocenters. The standard InChI is InChI=1S/C15H13F2N3O2/c16-12-6-3-10(7-13(12)17)14(21)19-8-9-1-4-11(5-2-9)20-15(18)22/h1-7H,8H2,(H,19,21)(H3,18,20,22). The first-order valence-corrected chi connectivity index (χ1v) is 6.34. The molecule has 2 rings (SSSR count). The molecule has 5 nitrogen and oxygen atoms in total. The molecule has 114 valence electrons. The third-order valence-electron chi connectivity index (χ3n) is 2.86. The van der Waals surface area contributed by atoms with Gasteiger partial charge in [-0.05, 0) is 35.9 Å². The van der Waals surface area contributed by atoms with Gasteiger partial charge >= 0.3 is 6.03 Å². The van der Waals surface area contributed by atoms with Gasteiger partial charge in [0.1, 0.15) is 0 Å². The van der Waals surface area contributed by atoms with Gasteiger partial charge in [-0.2, -0.15) is 0 Å². The Morgan fingerprint density at radius 1 is 1.00 bits per heavy atom. The second kappa shape index (κ2) is 6.66. The number of urea groups is 1. The van der Waals surface area contributed by atoms with Gasteiger partial charge in [-0.25, -0.2) is 13.6 Å². The number of nitrogens with two attached hydrogens (primary N) is 1. The molecular weight excluding hydrogens is 292 g/mol. The van der Waals surface area contributed by atoms with E-state index in [-0.39, 0.29) is 12.1 Å². The van der Waals surface area contributed by atoms with Crippen LogP contribution in [-0.4, -0.2) is 11.9 Å². The van der Waals surface area contributed by atoms with Gasteiger partial charge in [0.25, 0.3) is 5.91 Å². The highest BCUT2D eigenvalue weighted by atomic mass is 19.2. The Labute approximate surface area is 125 Å². The molecule has 0 unspecified atom stereocenters.